The van der Waals surface area contributed by atoms with Crippen LogP contribution in [0.25, 0.3) is 0 Å². The number of aliphatic hydroxyl groups is 1. The lowest BCUT2D eigenvalue weighted by molar-refractivity contribution is 0.156. The third-order valence-electron chi connectivity index (χ3n) is 3.30. The van der Waals surface area contributed by atoms with Gasteiger partial charge in [0.1, 0.15) is 0 Å². The number of aliphatic hydroxyl groups excluding tert-OH is 1. The molecular formula is C10H19NO. The van der Waals surface area contributed by atoms with Crippen molar-refractivity contribution >= 4 is 0 Å². The molecule has 2 fully saturated rings. The van der Waals surface area contributed by atoms with Crippen LogP contribution < -0.4 is 5.32 Å². The highest BCUT2D eigenvalue weighted by Crippen LogP contribution is 2.39. The molecular weight excluding hydrogens is 150 g/mol. The lowest BCUT2D eigenvalue weighted by atomic mass is 9.89. The Labute approximate surface area is 74.4 Å². The second-order valence-corrected chi connectivity index (χ2v) is 4.24. The van der Waals surface area contributed by atoms with Gasteiger partial charge in [-0.15, -0.1) is 0 Å². The van der Waals surface area contributed by atoms with Crippen molar-refractivity contribution in [2.24, 2.45) is 11.8 Å². The predicted octanol–water partition coefficient (Wildman–Crippen LogP) is 1.15. The van der Waals surface area contributed by atoms with E-state index < -0.39 is 0 Å². The molecule has 2 atom stereocenters. The SMILES string of the molecule is OCC(C1CC1)C1CCCCN1. The molecule has 0 aromatic rings. The van der Waals surface area contributed by atoms with Crippen LogP contribution in [0.3, 0.4) is 0 Å². The zero-order valence-corrected chi connectivity index (χ0v) is 7.63. The fourth-order valence-electron chi connectivity index (χ4n) is 2.37. The molecule has 0 bridgehead atoms. The van der Waals surface area contributed by atoms with Crippen LogP contribution in [0.5, 0.6) is 0 Å². The van der Waals surface area contributed by atoms with Gasteiger partial charge >= 0.3 is 0 Å². The van der Waals surface area contributed by atoms with E-state index in [0.717, 1.165) is 12.5 Å². The smallest absolute Gasteiger partial charge is 0.0476 e. The highest BCUT2D eigenvalue weighted by Gasteiger charge is 2.36. The van der Waals surface area contributed by atoms with E-state index in [1.54, 1.807) is 0 Å². The average molecular weight is 169 g/mol. The molecule has 0 spiro atoms. The van der Waals surface area contributed by atoms with Crippen molar-refractivity contribution in [3.8, 4) is 0 Å². The molecule has 1 saturated heterocycles. The van der Waals surface area contributed by atoms with Crippen LogP contribution in [0.1, 0.15) is 32.1 Å². The van der Waals surface area contributed by atoms with E-state index in [9.17, 15) is 5.11 Å². The molecule has 1 aliphatic carbocycles. The molecule has 2 N–H and O–H groups in total. The van der Waals surface area contributed by atoms with Crippen LogP contribution in [0.15, 0.2) is 0 Å². The summed E-state index contributed by atoms with van der Waals surface area (Å²) in [5.41, 5.74) is 0. The normalized spacial score (nSPS) is 33.2. The average Bonchev–Trinajstić information content (AvgIpc) is 2.92. The highest BCUT2D eigenvalue weighted by atomic mass is 16.3. The molecule has 2 heteroatoms. The summed E-state index contributed by atoms with van der Waals surface area (Å²) in [7, 11) is 0. The Hall–Kier alpha value is -0.0800. The van der Waals surface area contributed by atoms with Crippen LogP contribution in [-0.4, -0.2) is 24.3 Å². The quantitative estimate of drug-likeness (QED) is 0.664. The van der Waals surface area contributed by atoms with E-state index in [1.165, 1.54) is 32.1 Å². The zero-order chi connectivity index (χ0) is 8.39. The molecule has 1 aliphatic heterocycles. The van der Waals surface area contributed by atoms with Gasteiger partial charge in [0, 0.05) is 18.6 Å². The summed E-state index contributed by atoms with van der Waals surface area (Å²) in [6.45, 7) is 1.55. The Kier molecular flexibility index (Phi) is 2.66. The van der Waals surface area contributed by atoms with Crippen LogP contribution in [0.4, 0.5) is 0 Å². The molecule has 1 saturated carbocycles. The Balaban J connectivity index is 1.85. The van der Waals surface area contributed by atoms with Crippen molar-refractivity contribution in [1.82, 2.24) is 5.32 Å². The van der Waals surface area contributed by atoms with Gasteiger partial charge in [0.2, 0.25) is 0 Å². The first-order valence-electron chi connectivity index (χ1n) is 5.26. The number of piperidine rings is 1. The molecule has 1 heterocycles. The summed E-state index contributed by atoms with van der Waals surface area (Å²) in [5.74, 6) is 1.40. The molecule has 2 nitrogen and oxygen atoms in total. The van der Waals surface area contributed by atoms with Gasteiger partial charge in [-0.2, -0.15) is 0 Å². The molecule has 0 radical (unpaired) electrons. The van der Waals surface area contributed by atoms with Crippen molar-refractivity contribution in [3.05, 3.63) is 0 Å². The number of nitrogens with one attached hydrogen (secondary N) is 1. The van der Waals surface area contributed by atoms with Crippen molar-refractivity contribution < 1.29 is 5.11 Å². The Morgan fingerprint density at radius 3 is 2.58 bits per heavy atom. The first-order valence-corrected chi connectivity index (χ1v) is 5.26. The summed E-state index contributed by atoms with van der Waals surface area (Å²) >= 11 is 0. The van der Waals surface area contributed by atoms with Crippen LogP contribution in [-0.2, 0) is 0 Å². The predicted molar refractivity (Wildman–Crippen MR) is 48.9 cm³/mol. The van der Waals surface area contributed by atoms with E-state index in [4.69, 9.17) is 0 Å². The van der Waals surface area contributed by atoms with Gasteiger partial charge in [-0.1, -0.05) is 6.42 Å². The highest BCUT2D eigenvalue weighted by molar-refractivity contribution is 4.89. The van der Waals surface area contributed by atoms with Crippen LogP contribution in [0, 0.1) is 11.8 Å². The lowest BCUT2D eigenvalue weighted by Gasteiger charge is -2.30. The first-order chi connectivity index (χ1) is 5.92. The van der Waals surface area contributed by atoms with Gasteiger partial charge in [-0.3, -0.25) is 0 Å². The summed E-state index contributed by atoms with van der Waals surface area (Å²) in [6, 6.07) is 0.622. The van der Waals surface area contributed by atoms with E-state index in [0.29, 0.717) is 18.6 Å². The maximum atomic E-state index is 9.25. The second-order valence-electron chi connectivity index (χ2n) is 4.24. The summed E-state index contributed by atoms with van der Waals surface area (Å²) in [5, 5.41) is 12.8. The molecule has 2 unspecified atom stereocenters. The number of rotatable bonds is 3. The first kappa shape index (κ1) is 8.52. The van der Waals surface area contributed by atoms with Crippen molar-refractivity contribution in [2.45, 2.75) is 38.1 Å². The van der Waals surface area contributed by atoms with Crippen molar-refractivity contribution in [1.29, 1.82) is 0 Å². The van der Waals surface area contributed by atoms with E-state index >= 15 is 0 Å². The third-order valence-corrected chi connectivity index (χ3v) is 3.30. The molecule has 70 valence electrons. The Bertz CT molecular complexity index is 139. The Morgan fingerprint density at radius 2 is 2.08 bits per heavy atom. The summed E-state index contributed by atoms with van der Waals surface area (Å²) in [4.78, 5) is 0. The maximum Gasteiger partial charge on any atom is 0.0476 e. The summed E-state index contributed by atoms with van der Waals surface area (Å²) in [6.07, 6.45) is 6.65. The standard InChI is InChI=1S/C10H19NO/c12-7-9(8-4-5-8)10-3-1-2-6-11-10/h8-12H,1-7H2. The van der Waals surface area contributed by atoms with E-state index in [2.05, 4.69) is 5.32 Å². The number of hydrogen-bond donors (Lipinski definition) is 2. The van der Waals surface area contributed by atoms with Crippen molar-refractivity contribution in [2.75, 3.05) is 13.2 Å². The molecule has 0 aromatic heterocycles. The molecule has 2 rings (SSSR count). The minimum Gasteiger partial charge on any atom is -0.396 e. The van der Waals surface area contributed by atoms with Gasteiger partial charge in [-0.05, 0) is 38.1 Å². The number of hydrogen-bond acceptors (Lipinski definition) is 2. The van der Waals surface area contributed by atoms with E-state index in [-0.39, 0.29) is 0 Å². The minimum atomic E-state index is 0.391. The monoisotopic (exact) mass is 169 g/mol. The molecule has 0 amide bonds. The van der Waals surface area contributed by atoms with Crippen molar-refractivity contribution in [3.63, 3.8) is 0 Å². The van der Waals surface area contributed by atoms with Crippen LogP contribution >= 0.6 is 0 Å². The zero-order valence-electron chi connectivity index (χ0n) is 7.63. The van der Waals surface area contributed by atoms with Gasteiger partial charge < -0.3 is 10.4 Å². The molecule has 12 heavy (non-hydrogen) atoms. The van der Waals surface area contributed by atoms with Gasteiger partial charge in [0.05, 0.1) is 0 Å². The minimum absolute atomic E-state index is 0.391. The van der Waals surface area contributed by atoms with Gasteiger partial charge in [-0.25, -0.2) is 0 Å². The summed E-state index contributed by atoms with van der Waals surface area (Å²) < 4.78 is 0. The molecule has 0 aromatic carbocycles. The fraction of sp³-hybridized carbons (Fsp3) is 1.00. The second kappa shape index (κ2) is 3.75. The Morgan fingerprint density at radius 1 is 1.25 bits per heavy atom. The van der Waals surface area contributed by atoms with E-state index in [1.807, 2.05) is 0 Å². The van der Waals surface area contributed by atoms with Gasteiger partial charge in [0.25, 0.3) is 0 Å². The largest absolute Gasteiger partial charge is 0.396 e. The fourth-order valence-corrected chi connectivity index (χ4v) is 2.37. The lowest BCUT2D eigenvalue weighted by Crippen LogP contribution is -2.42. The maximum absolute atomic E-state index is 9.25. The van der Waals surface area contributed by atoms with Crippen LogP contribution in [0.2, 0.25) is 0 Å². The topological polar surface area (TPSA) is 32.3 Å². The third kappa shape index (κ3) is 1.80. The molecule has 2 aliphatic rings. The van der Waals surface area contributed by atoms with Gasteiger partial charge in [0.15, 0.2) is 0 Å².